The minimum Gasteiger partial charge on any atom is -0.488 e. The Hall–Kier alpha value is -1.43. The van der Waals surface area contributed by atoms with Crippen LogP contribution in [0, 0.1) is 5.82 Å². The van der Waals surface area contributed by atoms with E-state index in [0.29, 0.717) is 16.9 Å². The van der Waals surface area contributed by atoms with Crippen LogP contribution in [-0.2, 0) is 19.8 Å². The van der Waals surface area contributed by atoms with Gasteiger partial charge in [0.05, 0.1) is 13.2 Å². The molecule has 20 heavy (non-hydrogen) atoms. The molecule has 0 aliphatic heterocycles. The fraction of sp³-hybridized carbons (Fsp3) is 0.200. The quantitative estimate of drug-likeness (QED) is 0.878. The maximum atomic E-state index is 13.3. The molecule has 0 unspecified atom stereocenters. The summed E-state index contributed by atoms with van der Waals surface area (Å²) in [7, 11) is 0. The Balaban J connectivity index is 2.21. The predicted molar refractivity (Wildman–Crippen MR) is 76.7 cm³/mol. The molecule has 0 saturated carbocycles. The Kier molecular flexibility index (Phi) is 5.11. The largest absolute Gasteiger partial charge is 0.488 e. The summed E-state index contributed by atoms with van der Waals surface area (Å²) in [4.78, 5) is 0. The van der Waals surface area contributed by atoms with E-state index in [4.69, 9.17) is 4.74 Å². The van der Waals surface area contributed by atoms with Crippen LogP contribution in [0.5, 0.6) is 5.75 Å². The van der Waals surface area contributed by atoms with Gasteiger partial charge < -0.3 is 14.9 Å². The van der Waals surface area contributed by atoms with Crippen LogP contribution in [0.1, 0.15) is 16.7 Å². The average molecular weight is 341 g/mol. The normalized spacial score (nSPS) is 10.6. The second-order valence-electron chi connectivity index (χ2n) is 4.28. The maximum Gasteiger partial charge on any atom is 0.131 e. The van der Waals surface area contributed by atoms with Crippen molar-refractivity contribution < 1.29 is 19.3 Å². The van der Waals surface area contributed by atoms with Gasteiger partial charge in [-0.05, 0) is 29.8 Å². The molecule has 0 spiro atoms. The number of rotatable bonds is 5. The lowest BCUT2D eigenvalue weighted by Crippen LogP contribution is -2.03. The van der Waals surface area contributed by atoms with Crippen LogP contribution in [-0.4, -0.2) is 10.2 Å². The molecule has 2 aromatic rings. The molecule has 2 N–H and O–H groups in total. The second kappa shape index (κ2) is 6.83. The highest BCUT2D eigenvalue weighted by atomic mass is 79.9. The summed E-state index contributed by atoms with van der Waals surface area (Å²) in [5.41, 5.74) is 1.59. The van der Waals surface area contributed by atoms with Crippen molar-refractivity contribution in [2.45, 2.75) is 19.8 Å². The van der Waals surface area contributed by atoms with Gasteiger partial charge >= 0.3 is 0 Å². The standard InChI is InChI=1S/C15H14BrFO3/c16-13-3-1-10(2-4-13)9-20-15-11(7-18)5-14(17)6-12(15)8-19/h1-6,18-19H,7-9H2. The molecule has 0 radical (unpaired) electrons. The van der Waals surface area contributed by atoms with Crippen molar-refractivity contribution in [3.8, 4) is 5.75 Å². The first kappa shape index (κ1) is 15.0. The number of aliphatic hydroxyl groups excluding tert-OH is 2. The van der Waals surface area contributed by atoms with Crippen molar-refractivity contribution in [2.75, 3.05) is 0 Å². The molecule has 2 aromatic carbocycles. The minimum absolute atomic E-state index is 0.277. The summed E-state index contributed by atoms with van der Waals surface area (Å²) in [6.45, 7) is -0.417. The molecular weight excluding hydrogens is 327 g/mol. The zero-order valence-electron chi connectivity index (χ0n) is 10.6. The molecule has 0 atom stereocenters. The molecule has 0 heterocycles. The first-order chi connectivity index (χ1) is 9.63. The molecule has 0 saturated heterocycles. The Labute approximate surface area is 124 Å². The van der Waals surface area contributed by atoms with E-state index in [2.05, 4.69) is 15.9 Å². The van der Waals surface area contributed by atoms with E-state index >= 15 is 0 Å². The second-order valence-corrected chi connectivity index (χ2v) is 5.20. The van der Waals surface area contributed by atoms with Crippen LogP contribution in [0.15, 0.2) is 40.9 Å². The van der Waals surface area contributed by atoms with Gasteiger partial charge in [-0.25, -0.2) is 4.39 Å². The fourth-order valence-corrected chi connectivity index (χ4v) is 2.13. The van der Waals surface area contributed by atoms with Gasteiger partial charge in [-0.2, -0.15) is 0 Å². The van der Waals surface area contributed by atoms with Gasteiger partial charge in [0.2, 0.25) is 0 Å². The van der Waals surface area contributed by atoms with Crippen molar-refractivity contribution in [1.29, 1.82) is 0 Å². The van der Waals surface area contributed by atoms with Crippen LogP contribution in [0.4, 0.5) is 4.39 Å². The van der Waals surface area contributed by atoms with Crippen molar-refractivity contribution in [1.82, 2.24) is 0 Å². The Morgan fingerprint density at radius 1 is 1.00 bits per heavy atom. The van der Waals surface area contributed by atoms with E-state index in [-0.39, 0.29) is 19.8 Å². The highest BCUT2D eigenvalue weighted by molar-refractivity contribution is 9.10. The van der Waals surface area contributed by atoms with Crippen LogP contribution < -0.4 is 4.74 Å². The molecule has 0 aliphatic carbocycles. The zero-order chi connectivity index (χ0) is 14.5. The summed E-state index contributed by atoms with van der Waals surface area (Å²) in [6.07, 6.45) is 0. The van der Waals surface area contributed by atoms with E-state index in [1.165, 1.54) is 12.1 Å². The van der Waals surface area contributed by atoms with Crippen LogP contribution >= 0.6 is 15.9 Å². The third-order valence-corrected chi connectivity index (χ3v) is 3.37. The van der Waals surface area contributed by atoms with Gasteiger partial charge in [-0.1, -0.05) is 28.1 Å². The van der Waals surface area contributed by atoms with Gasteiger partial charge in [-0.15, -0.1) is 0 Å². The lowest BCUT2D eigenvalue weighted by atomic mass is 10.1. The minimum atomic E-state index is -0.505. The summed E-state index contributed by atoms with van der Waals surface area (Å²) in [6, 6.07) is 9.98. The van der Waals surface area contributed by atoms with Gasteiger partial charge in [0.15, 0.2) is 0 Å². The molecule has 0 aliphatic rings. The van der Waals surface area contributed by atoms with Crippen molar-refractivity contribution in [3.05, 3.63) is 63.4 Å². The number of ether oxygens (including phenoxy) is 1. The van der Waals surface area contributed by atoms with Gasteiger partial charge in [0.25, 0.3) is 0 Å². The van der Waals surface area contributed by atoms with Crippen LogP contribution in [0.3, 0.4) is 0 Å². The lowest BCUT2D eigenvalue weighted by Gasteiger charge is -2.14. The molecule has 2 rings (SSSR count). The molecule has 0 aromatic heterocycles. The lowest BCUT2D eigenvalue weighted by molar-refractivity contribution is 0.241. The van der Waals surface area contributed by atoms with E-state index in [1.807, 2.05) is 24.3 Å². The Morgan fingerprint density at radius 2 is 1.55 bits per heavy atom. The van der Waals surface area contributed by atoms with E-state index in [0.717, 1.165) is 10.0 Å². The first-order valence-corrected chi connectivity index (χ1v) is 6.83. The summed E-state index contributed by atoms with van der Waals surface area (Å²) in [5, 5.41) is 18.5. The highest BCUT2D eigenvalue weighted by Crippen LogP contribution is 2.27. The highest BCUT2D eigenvalue weighted by Gasteiger charge is 2.12. The molecule has 106 valence electrons. The van der Waals surface area contributed by atoms with E-state index in [9.17, 15) is 14.6 Å². The number of halogens is 2. The fourth-order valence-electron chi connectivity index (χ4n) is 1.87. The number of aliphatic hydroxyl groups is 2. The third kappa shape index (κ3) is 3.56. The number of hydrogen-bond donors (Lipinski definition) is 2. The number of benzene rings is 2. The summed E-state index contributed by atoms with van der Waals surface area (Å²) in [5.74, 6) is -0.173. The van der Waals surface area contributed by atoms with Gasteiger partial charge in [-0.3, -0.25) is 0 Å². The molecule has 5 heteroatoms. The third-order valence-electron chi connectivity index (χ3n) is 2.84. The average Bonchev–Trinajstić information content (AvgIpc) is 2.46. The van der Waals surface area contributed by atoms with Crippen LogP contribution in [0.25, 0.3) is 0 Å². The molecule has 0 amide bonds. The van der Waals surface area contributed by atoms with E-state index < -0.39 is 5.82 Å². The SMILES string of the molecule is OCc1cc(F)cc(CO)c1OCc1ccc(Br)cc1. The van der Waals surface area contributed by atoms with Crippen molar-refractivity contribution in [3.63, 3.8) is 0 Å². The summed E-state index contributed by atoms with van der Waals surface area (Å²) >= 11 is 3.35. The first-order valence-electron chi connectivity index (χ1n) is 6.04. The summed E-state index contributed by atoms with van der Waals surface area (Å²) < 4.78 is 19.9. The van der Waals surface area contributed by atoms with Crippen molar-refractivity contribution in [2.24, 2.45) is 0 Å². The molecule has 0 fully saturated rings. The number of hydrogen-bond acceptors (Lipinski definition) is 3. The Morgan fingerprint density at radius 3 is 2.05 bits per heavy atom. The molecular formula is C15H14BrFO3. The Bertz CT molecular complexity index is 559. The molecule has 0 bridgehead atoms. The van der Waals surface area contributed by atoms with E-state index in [1.54, 1.807) is 0 Å². The van der Waals surface area contributed by atoms with Gasteiger partial charge in [0.1, 0.15) is 18.2 Å². The monoisotopic (exact) mass is 340 g/mol. The molecule has 3 nitrogen and oxygen atoms in total. The topological polar surface area (TPSA) is 49.7 Å². The zero-order valence-corrected chi connectivity index (χ0v) is 12.2. The maximum absolute atomic E-state index is 13.3. The predicted octanol–water partition coefficient (Wildman–Crippen LogP) is 3.15. The van der Waals surface area contributed by atoms with Crippen LogP contribution in [0.2, 0.25) is 0 Å². The smallest absolute Gasteiger partial charge is 0.131 e. The van der Waals surface area contributed by atoms with Gasteiger partial charge in [0, 0.05) is 15.6 Å². The van der Waals surface area contributed by atoms with Crippen molar-refractivity contribution >= 4 is 15.9 Å².